The SMILES string of the molecule is O[C@@H]1CC(c2ccc(C(F)F)cc2)Oc2ccc(Br)cc21. The number of hydrogen-bond acceptors (Lipinski definition) is 2. The zero-order valence-electron chi connectivity index (χ0n) is 11.0. The van der Waals surface area contributed by atoms with Crippen LogP contribution in [0.25, 0.3) is 0 Å². The smallest absolute Gasteiger partial charge is 0.263 e. The van der Waals surface area contributed by atoms with E-state index in [1.807, 2.05) is 12.1 Å². The number of fused-ring (bicyclic) bond motifs is 1. The molecule has 1 aliphatic heterocycles. The van der Waals surface area contributed by atoms with E-state index >= 15 is 0 Å². The summed E-state index contributed by atoms with van der Waals surface area (Å²) in [5.41, 5.74) is 1.51. The van der Waals surface area contributed by atoms with Crippen molar-refractivity contribution >= 4 is 15.9 Å². The van der Waals surface area contributed by atoms with Crippen molar-refractivity contribution < 1.29 is 18.6 Å². The molecule has 0 saturated carbocycles. The second-order valence-corrected chi connectivity index (χ2v) is 5.92. The summed E-state index contributed by atoms with van der Waals surface area (Å²) in [5, 5.41) is 10.2. The van der Waals surface area contributed by atoms with Gasteiger partial charge in [0, 0.05) is 22.0 Å². The fourth-order valence-corrected chi connectivity index (χ4v) is 2.86. The van der Waals surface area contributed by atoms with Crippen LogP contribution < -0.4 is 4.74 Å². The molecular weight excluding hydrogens is 342 g/mol. The Morgan fingerprint density at radius 1 is 1.14 bits per heavy atom. The van der Waals surface area contributed by atoms with E-state index in [4.69, 9.17) is 4.74 Å². The van der Waals surface area contributed by atoms with Gasteiger partial charge in [-0.1, -0.05) is 40.2 Å². The molecule has 0 radical (unpaired) electrons. The highest BCUT2D eigenvalue weighted by Gasteiger charge is 2.28. The first-order valence-electron chi connectivity index (χ1n) is 6.57. The van der Waals surface area contributed by atoms with Crippen molar-refractivity contribution in [1.82, 2.24) is 0 Å². The van der Waals surface area contributed by atoms with Crippen LogP contribution in [0.4, 0.5) is 8.78 Å². The molecular formula is C16H13BrF2O2. The monoisotopic (exact) mass is 354 g/mol. The number of alkyl halides is 2. The van der Waals surface area contributed by atoms with Gasteiger partial charge in [-0.3, -0.25) is 0 Å². The third-order valence-corrected chi connectivity index (χ3v) is 4.09. The summed E-state index contributed by atoms with van der Waals surface area (Å²) in [6, 6.07) is 11.5. The quantitative estimate of drug-likeness (QED) is 0.827. The summed E-state index contributed by atoms with van der Waals surface area (Å²) < 4.78 is 31.9. The molecule has 2 atom stereocenters. The van der Waals surface area contributed by atoms with Gasteiger partial charge >= 0.3 is 0 Å². The molecule has 0 saturated heterocycles. The molecule has 0 aliphatic carbocycles. The van der Waals surface area contributed by atoms with Crippen molar-refractivity contribution in [3.8, 4) is 5.75 Å². The van der Waals surface area contributed by atoms with E-state index in [-0.39, 0.29) is 11.7 Å². The third-order valence-electron chi connectivity index (χ3n) is 3.60. The molecule has 21 heavy (non-hydrogen) atoms. The average Bonchev–Trinajstić information content (AvgIpc) is 2.48. The Bertz CT molecular complexity index is 643. The first-order chi connectivity index (χ1) is 10.0. The number of halogens is 3. The van der Waals surface area contributed by atoms with Gasteiger partial charge in [-0.25, -0.2) is 8.78 Å². The predicted molar refractivity (Wildman–Crippen MR) is 78.5 cm³/mol. The molecule has 0 spiro atoms. The molecule has 1 aliphatic rings. The zero-order chi connectivity index (χ0) is 15.0. The van der Waals surface area contributed by atoms with Crippen LogP contribution in [-0.2, 0) is 0 Å². The van der Waals surface area contributed by atoms with Crippen molar-refractivity contribution in [2.24, 2.45) is 0 Å². The Morgan fingerprint density at radius 3 is 2.52 bits per heavy atom. The maximum atomic E-state index is 12.6. The minimum absolute atomic E-state index is 0.0144. The number of ether oxygens (including phenoxy) is 1. The van der Waals surface area contributed by atoms with Crippen LogP contribution in [0.15, 0.2) is 46.9 Å². The molecule has 2 aromatic rings. The van der Waals surface area contributed by atoms with Gasteiger partial charge in [0.15, 0.2) is 0 Å². The topological polar surface area (TPSA) is 29.5 Å². The maximum absolute atomic E-state index is 12.6. The largest absolute Gasteiger partial charge is 0.485 e. The fourth-order valence-electron chi connectivity index (χ4n) is 2.48. The summed E-state index contributed by atoms with van der Waals surface area (Å²) in [5.74, 6) is 0.625. The average molecular weight is 355 g/mol. The Kier molecular flexibility index (Phi) is 3.95. The molecule has 110 valence electrons. The van der Waals surface area contributed by atoms with Gasteiger partial charge < -0.3 is 9.84 Å². The molecule has 0 bridgehead atoms. The van der Waals surface area contributed by atoms with Gasteiger partial charge in [-0.05, 0) is 23.8 Å². The lowest BCUT2D eigenvalue weighted by molar-refractivity contribution is 0.0656. The maximum Gasteiger partial charge on any atom is 0.263 e. The van der Waals surface area contributed by atoms with Crippen LogP contribution in [0.2, 0.25) is 0 Å². The third kappa shape index (κ3) is 2.94. The van der Waals surface area contributed by atoms with E-state index in [0.717, 1.165) is 15.6 Å². The molecule has 1 unspecified atom stereocenters. The van der Waals surface area contributed by atoms with E-state index < -0.39 is 12.5 Å². The van der Waals surface area contributed by atoms with Gasteiger partial charge in [0.25, 0.3) is 6.43 Å². The summed E-state index contributed by atoms with van der Waals surface area (Å²) >= 11 is 3.36. The van der Waals surface area contributed by atoms with Crippen molar-refractivity contribution in [1.29, 1.82) is 0 Å². The highest BCUT2D eigenvalue weighted by molar-refractivity contribution is 9.10. The van der Waals surface area contributed by atoms with Gasteiger partial charge in [-0.15, -0.1) is 0 Å². The number of hydrogen-bond donors (Lipinski definition) is 1. The Balaban J connectivity index is 1.86. The lowest BCUT2D eigenvalue weighted by atomic mass is 9.94. The van der Waals surface area contributed by atoms with Crippen molar-refractivity contribution in [2.45, 2.75) is 25.1 Å². The first kappa shape index (κ1) is 14.5. The lowest BCUT2D eigenvalue weighted by Gasteiger charge is -2.30. The molecule has 0 fully saturated rings. The Morgan fingerprint density at radius 2 is 1.86 bits per heavy atom. The van der Waals surface area contributed by atoms with E-state index in [0.29, 0.717) is 12.2 Å². The molecule has 0 aromatic heterocycles. The highest BCUT2D eigenvalue weighted by atomic mass is 79.9. The lowest BCUT2D eigenvalue weighted by Crippen LogP contribution is -2.19. The molecule has 5 heteroatoms. The molecule has 2 aromatic carbocycles. The number of benzene rings is 2. The van der Waals surface area contributed by atoms with Gasteiger partial charge in [-0.2, -0.15) is 0 Å². The summed E-state index contributed by atoms with van der Waals surface area (Å²) in [6.45, 7) is 0. The molecule has 0 amide bonds. The second kappa shape index (κ2) is 5.73. The normalized spacial score (nSPS) is 21.0. The number of rotatable bonds is 2. The zero-order valence-corrected chi connectivity index (χ0v) is 12.6. The van der Waals surface area contributed by atoms with E-state index in [2.05, 4.69) is 15.9 Å². The van der Waals surface area contributed by atoms with Gasteiger partial charge in [0.2, 0.25) is 0 Å². The van der Waals surface area contributed by atoms with E-state index in [1.165, 1.54) is 12.1 Å². The Hall–Kier alpha value is -1.46. The van der Waals surface area contributed by atoms with E-state index in [1.54, 1.807) is 18.2 Å². The second-order valence-electron chi connectivity index (χ2n) is 5.01. The predicted octanol–water partition coefficient (Wildman–Crippen LogP) is 4.94. The van der Waals surface area contributed by atoms with Crippen LogP contribution in [-0.4, -0.2) is 5.11 Å². The van der Waals surface area contributed by atoms with Gasteiger partial charge in [0.05, 0.1) is 6.10 Å². The molecule has 3 rings (SSSR count). The van der Waals surface area contributed by atoms with Crippen LogP contribution in [0.1, 0.15) is 41.7 Å². The van der Waals surface area contributed by atoms with Crippen LogP contribution in [0, 0.1) is 0 Å². The van der Waals surface area contributed by atoms with Crippen LogP contribution in [0.5, 0.6) is 5.75 Å². The van der Waals surface area contributed by atoms with Crippen molar-refractivity contribution in [3.05, 3.63) is 63.6 Å². The Labute approximate surface area is 129 Å². The highest BCUT2D eigenvalue weighted by Crippen LogP contribution is 2.41. The van der Waals surface area contributed by atoms with Gasteiger partial charge in [0.1, 0.15) is 11.9 Å². The number of aliphatic hydroxyl groups is 1. The minimum atomic E-state index is -2.48. The van der Waals surface area contributed by atoms with E-state index in [9.17, 15) is 13.9 Å². The summed E-state index contributed by atoms with van der Waals surface area (Å²) in [6.07, 6.45) is -3.04. The summed E-state index contributed by atoms with van der Waals surface area (Å²) in [4.78, 5) is 0. The molecule has 1 heterocycles. The number of aliphatic hydroxyl groups excluding tert-OH is 1. The fraction of sp³-hybridized carbons (Fsp3) is 0.250. The minimum Gasteiger partial charge on any atom is -0.485 e. The molecule has 1 N–H and O–H groups in total. The van der Waals surface area contributed by atoms with Crippen LogP contribution >= 0.6 is 15.9 Å². The van der Waals surface area contributed by atoms with Crippen molar-refractivity contribution in [2.75, 3.05) is 0 Å². The first-order valence-corrected chi connectivity index (χ1v) is 7.36. The molecule has 2 nitrogen and oxygen atoms in total. The van der Waals surface area contributed by atoms with Crippen LogP contribution in [0.3, 0.4) is 0 Å². The summed E-state index contributed by atoms with van der Waals surface area (Å²) in [7, 11) is 0. The van der Waals surface area contributed by atoms with Crippen molar-refractivity contribution in [3.63, 3.8) is 0 Å². The standard InChI is InChI=1S/C16H13BrF2O2/c17-11-5-6-14-12(7-11)13(20)8-15(21-14)9-1-3-10(4-2-9)16(18)19/h1-7,13,15-16,20H,8H2/t13-,15?/m1/s1.